The number of fused-ring (bicyclic) bond motifs is 1. The summed E-state index contributed by atoms with van der Waals surface area (Å²) in [4.78, 5) is 40.4. The molecule has 45 heavy (non-hydrogen) atoms. The van der Waals surface area contributed by atoms with E-state index in [1.807, 2.05) is 60.7 Å². The SMILES string of the molecule is COc1cc2nccc(Oc3ccc(N(Cc4ccccc4)C(=O)c4c(Nc5ccccc5)cc[nH]c4=O)nc3)c2cc1OC. The topological polar surface area (TPSA) is 119 Å². The minimum Gasteiger partial charge on any atom is -0.493 e. The first kappa shape index (κ1) is 28.9. The summed E-state index contributed by atoms with van der Waals surface area (Å²) in [5.74, 6) is 1.92. The van der Waals surface area contributed by atoms with Gasteiger partial charge in [-0.3, -0.25) is 19.5 Å². The van der Waals surface area contributed by atoms with Gasteiger partial charge in [-0.1, -0.05) is 48.5 Å². The van der Waals surface area contributed by atoms with Crippen LogP contribution in [0.1, 0.15) is 15.9 Å². The van der Waals surface area contributed by atoms with Crippen LogP contribution in [0.2, 0.25) is 0 Å². The third-order valence-electron chi connectivity index (χ3n) is 7.09. The highest BCUT2D eigenvalue weighted by molar-refractivity contribution is 6.09. The lowest BCUT2D eigenvalue weighted by Gasteiger charge is -2.23. The molecule has 0 unspecified atom stereocenters. The van der Waals surface area contributed by atoms with Gasteiger partial charge in [-0.25, -0.2) is 4.98 Å². The van der Waals surface area contributed by atoms with Crippen molar-refractivity contribution in [3.8, 4) is 23.0 Å². The first-order valence-corrected chi connectivity index (χ1v) is 14.1. The van der Waals surface area contributed by atoms with E-state index in [1.165, 1.54) is 17.3 Å². The first-order chi connectivity index (χ1) is 22.0. The lowest BCUT2D eigenvalue weighted by atomic mass is 10.1. The van der Waals surface area contributed by atoms with Gasteiger partial charge < -0.3 is 24.5 Å². The highest BCUT2D eigenvalue weighted by atomic mass is 16.5. The monoisotopic (exact) mass is 599 g/mol. The fraction of sp³-hybridized carbons (Fsp3) is 0.0857. The number of carbonyl (C=O) groups excluding carboxylic acids is 1. The molecule has 6 rings (SSSR count). The van der Waals surface area contributed by atoms with Crippen molar-refractivity contribution in [1.82, 2.24) is 15.0 Å². The normalized spacial score (nSPS) is 10.7. The quantitative estimate of drug-likeness (QED) is 0.178. The van der Waals surface area contributed by atoms with Crippen LogP contribution in [-0.4, -0.2) is 35.1 Å². The molecule has 3 aromatic carbocycles. The van der Waals surface area contributed by atoms with Crippen molar-refractivity contribution in [1.29, 1.82) is 0 Å². The minimum atomic E-state index is -0.518. The third-order valence-corrected chi connectivity index (χ3v) is 7.09. The second-order valence-corrected chi connectivity index (χ2v) is 9.95. The molecular weight excluding hydrogens is 570 g/mol. The van der Waals surface area contributed by atoms with Gasteiger partial charge in [0.2, 0.25) is 0 Å². The molecule has 224 valence electrons. The summed E-state index contributed by atoms with van der Waals surface area (Å²) in [6.07, 6.45) is 4.68. The van der Waals surface area contributed by atoms with Crippen LogP contribution in [0.3, 0.4) is 0 Å². The Morgan fingerprint density at radius 1 is 0.844 bits per heavy atom. The number of rotatable bonds is 10. The van der Waals surface area contributed by atoms with E-state index in [1.54, 1.807) is 56.8 Å². The standard InChI is InChI=1S/C35H29N5O5/c1-43-30-19-26-28(20-31(30)44-2)36-18-16-29(26)45-25-13-14-32(38-21-25)40(22-23-9-5-3-6-10-23)35(42)33-27(15-17-37-34(33)41)39-24-11-7-4-8-12-24/h3-21H,22H2,1-2H3,(H2,37,39,41). The van der Waals surface area contributed by atoms with Gasteiger partial charge in [-0.05, 0) is 48.0 Å². The largest absolute Gasteiger partial charge is 0.493 e. The molecule has 1 amide bonds. The van der Waals surface area contributed by atoms with E-state index >= 15 is 0 Å². The van der Waals surface area contributed by atoms with Gasteiger partial charge in [-0.2, -0.15) is 0 Å². The van der Waals surface area contributed by atoms with Crippen LogP contribution in [0.25, 0.3) is 10.9 Å². The molecule has 10 heteroatoms. The minimum absolute atomic E-state index is 0.0351. The molecule has 6 aromatic rings. The van der Waals surface area contributed by atoms with E-state index < -0.39 is 11.5 Å². The molecule has 0 saturated carbocycles. The molecule has 0 fully saturated rings. The van der Waals surface area contributed by atoms with Crippen LogP contribution in [-0.2, 0) is 6.54 Å². The summed E-state index contributed by atoms with van der Waals surface area (Å²) in [6, 6.07) is 29.2. The Morgan fingerprint density at radius 3 is 2.29 bits per heavy atom. The number of benzene rings is 3. The maximum atomic E-state index is 14.2. The van der Waals surface area contributed by atoms with Crippen molar-refractivity contribution in [2.75, 3.05) is 24.4 Å². The zero-order valence-electron chi connectivity index (χ0n) is 24.6. The number of methoxy groups -OCH3 is 2. The highest BCUT2D eigenvalue weighted by Crippen LogP contribution is 2.37. The van der Waals surface area contributed by atoms with Gasteiger partial charge in [0, 0.05) is 29.5 Å². The number of amides is 1. The fourth-order valence-electron chi connectivity index (χ4n) is 4.89. The van der Waals surface area contributed by atoms with E-state index in [-0.39, 0.29) is 12.1 Å². The van der Waals surface area contributed by atoms with Crippen LogP contribution in [0.5, 0.6) is 23.0 Å². The number of carbonyl (C=O) groups is 1. The van der Waals surface area contributed by atoms with Crippen LogP contribution < -0.4 is 30.0 Å². The molecule has 0 bridgehead atoms. The van der Waals surface area contributed by atoms with Crippen molar-refractivity contribution in [3.05, 3.63) is 137 Å². The van der Waals surface area contributed by atoms with Gasteiger partial charge in [0.05, 0.1) is 38.2 Å². The number of para-hydroxylation sites is 1. The number of hydrogen-bond acceptors (Lipinski definition) is 8. The Bertz CT molecular complexity index is 2000. The molecule has 0 radical (unpaired) electrons. The second kappa shape index (κ2) is 13.0. The maximum Gasteiger partial charge on any atom is 0.267 e. The summed E-state index contributed by atoms with van der Waals surface area (Å²) in [6.45, 7) is 0.183. The van der Waals surface area contributed by atoms with Gasteiger partial charge in [0.25, 0.3) is 11.5 Å². The Balaban J connectivity index is 1.34. The lowest BCUT2D eigenvalue weighted by Crippen LogP contribution is -2.35. The van der Waals surface area contributed by atoms with E-state index in [0.29, 0.717) is 40.0 Å². The number of aromatic nitrogens is 3. The smallest absolute Gasteiger partial charge is 0.267 e. The fourth-order valence-corrected chi connectivity index (χ4v) is 4.89. The Morgan fingerprint density at radius 2 is 1.58 bits per heavy atom. The van der Waals surface area contributed by atoms with Crippen LogP contribution in [0, 0.1) is 0 Å². The predicted molar refractivity (Wildman–Crippen MR) is 173 cm³/mol. The van der Waals surface area contributed by atoms with E-state index in [2.05, 4.69) is 20.3 Å². The molecule has 0 spiro atoms. The van der Waals surface area contributed by atoms with E-state index in [9.17, 15) is 9.59 Å². The summed E-state index contributed by atoms with van der Waals surface area (Å²) < 4.78 is 17.1. The van der Waals surface area contributed by atoms with Crippen molar-refractivity contribution in [2.45, 2.75) is 6.54 Å². The summed E-state index contributed by atoms with van der Waals surface area (Å²) in [5, 5.41) is 3.92. The summed E-state index contributed by atoms with van der Waals surface area (Å²) in [7, 11) is 3.13. The Hall–Kier alpha value is -6.16. The van der Waals surface area contributed by atoms with Gasteiger partial charge in [0.1, 0.15) is 22.9 Å². The number of hydrogen-bond donors (Lipinski definition) is 2. The lowest BCUT2D eigenvalue weighted by molar-refractivity contribution is 0.0983. The number of pyridine rings is 3. The first-order valence-electron chi connectivity index (χ1n) is 14.1. The number of nitrogens with one attached hydrogen (secondary N) is 2. The number of ether oxygens (including phenoxy) is 3. The maximum absolute atomic E-state index is 14.2. The highest BCUT2D eigenvalue weighted by Gasteiger charge is 2.25. The Labute approximate surface area is 258 Å². The zero-order valence-corrected chi connectivity index (χ0v) is 24.6. The van der Waals surface area contributed by atoms with Crippen molar-refractivity contribution >= 4 is 34.0 Å². The average molecular weight is 600 g/mol. The molecule has 0 aliphatic heterocycles. The Kier molecular flexibility index (Phi) is 8.36. The molecule has 0 saturated heterocycles. The molecule has 0 aliphatic rings. The summed E-state index contributed by atoms with van der Waals surface area (Å²) in [5.41, 5.74) is 2.10. The summed E-state index contributed by atoms with van der Waals surface area (Å²) >= 11 is 0. The van der Waals surface area contributed by atoms with Crippen LogP contribution in [0.4, 0.5) is 17.2 Å². The van der Waals surface area contributed by atoms with Gasteiger partial charge in [-0.15, -0.1) is 0 Å². The van der Waals surface area contributed by atoms with Gasteiger partial charge in [0.15, 0.2) is 11.5 Å². The average Bonchev–Trinajstić information content (AvgIpc) is 3.08. The van der Waals surface area contributed by atoms with Crippen molar-refractivity contribution in [2.24, 2.45) is 0 Å². The second-order valence-electron chi connectivity index (χ2n) is 9.95. The molecule has 2 N–H and O–H groups in total. The van der Waals surface area contributed by atoms with Crippen molar-refractivity contribution in [3.63, 3.8) is 0 Å². The van der Waals surface area contributed by atoms with Crippen LogP contribution >= 0.6 is 0 Å². The number of H-pyrrole nitrogens is 1. The molecule has 3 aromatic heterocycles. The number of aromatic amines is 1. The van der Waals surface area contributed by atoms with E-state index in [4.69, 9.17) is 14.2 Å². The zero-order chi connectivity index (χ0) is 31.2. The number of nitrogens with zero attached hydrogens (tertiary/aromatic N) is 3. The third kappa shape index (κ3) is 6.30. The van der Waals surface area contributed by atoms with Crippen molar-refractivity contribution < 1.29 is 19.0 Å². The molecule has 0 aliphatic carbocycles. The molecule has 3 heterocycles. The molecule has 10 nitrogen and oxygen atoms in total. The van der Waals surface area contributed by atoms with E-state index in [0.717, 1.165) is 16.6 Å². The van der Waals surface area contributed by atoms with Gasteiger partial charge >= 0.3 is 0 Å². The molecule has 0 atom stereocenters. The van der Waals surface area contributed by atoms with Crippen LogP contribution in [0.15, 0.2) is 120 Å². The number of anilines is 3. The predicted octanol–water partition coefficient (Wildman–Crippen LogP) is 6.72. The molecular formula is C35H29N5O5.